The summed E-state index contributed by atoms with van der Waals surface area (Å²) in [5.74, 6) is -0.460. The number of carboxylic acid groups (broad SMARTS) is 1. The van der Waals surface area contributed by atoms with Crippen LogP contribution in [-0.4, -0.2) is 58.0 Å². The molecule has 4 N–H and O–H groups in total. The molecule has 10 heteroatoms. The minimum Gasteiger partial charge on any atom is -0.465 e. The number of carbonyl (C=O) groups is 2. The highest BCUT2D eigenvalue weighted by Gasteiger charge is 2.18. The normalized spacial score (nSPS) is 11.6. The average molecular weight is 456 g/mol. The second-order valence-electron chi connectivity index (χ2n) is 7.47. The number of amides is 2. The van der Waals surface area contributed by atoms with Crippen molar-refractivity contribution in [1.29, 1.82) is 0 Å². The Balaban J connectivity index is 1.84. The summed E-state index contributed by atoms with van der Waals surface area (Å²) in [4.78, 5) is 37.3. The van der Waals surface area contributed by atoms with Gasteiger partial charge in [-0.1, -0.05) is 13.8 Å². The molecule has 32 heavy (non-hydrogen) atoms. The first-order valence-electron chi connectivity index (χ1n) is 10.5. The summed E-state index contributed by atoms with van der Waals surface area (Å²) in [5.41, 5.74) is 2.41. The van der Waals surface area contributed by atoms with Gasteiger partial charge in [0.25, 0.3) is 0 Å². The van der Waals surface area contributed by atoms with Crippen LogP contribution in [0.4, 0.5) is 10.5 Å². The number of likely N-dealkylation sites (N-methyl/N-ethyl adjacent to an activating group) is 1. The van der Waals surface area contributed by atoms with Crippen molar-refractivity contribution in [2.24, 2.45) is 0 Å². The van der Waals surface area contributed by atoms with Crippen molar-refractivity contribution in [3.05, 3.63) is 40.6 Å². The molecule has 2 amide bonds. The number of nitrogens with zero attached hydrogens (tertiary/aromatic N) is 2. The summed E-state index contributed by atoms with van der Waals surface area (Å²) in [7, 11) is 0. The molecule has 4 rings (SSSR count). The number of fused-ring (bicyclic) bond motifs is 2. The van der Waals surface area contributed by atoms with Gasteiger partial charge >= 0.3 is 6.09 Å². The van der Waals surface area contributed by atoms with Gasteiger partial charge in [0, 0.05) is 28.1 Å². The quantitative estimate of drug-likeness (QED) is 0.304. The lowest BCUT2D eigenvalue weighted by atomic mass is 10.1. The number of H-pyrrole nitrogens is 1. The minimum atomic E-state index is -1.26. The average Bonchev–Trinajstić information content (AvgIpc) is 3.14. The maximum Gasteiger partial charge on any atom is 0.405 e. The number of benzene rings is 2. The van der Waals surface area contributed by atoms with Crippen molar-refractivity contribution in [1.82, 2.24) is 20.0 Å². The van der Waals surface area contributed by atoms with E-state index in [-0.39, 0.29) is 12.0 Å². The number of carbonyl (C=O) groups excluding carboxylic acids is 1. The zero-order chi connectivity index (χ0) is 22.8. The Morgan fingerprint density at radius 2 is 1.97 bits per heavy atom. The molecule has 0 unspecified atom stereocenters. The lowest BCUT2D eigenvalue weighted by Gasteiger charge is -2.18. The third kappa shape index (κ3) is 4.19. The zero-order valence-corrected chi connectivity index (χ0v) is 18.7. The van der Waals surface area contributed by atoms with Crippen LogP contribution in [0.3, 0.4) is 0 Å². The van der Waals surface area contributed by atoms with Crippen molar-refractivity contribution in [2.45, 2.75) is 20.4 Å². The smallest absolute Gasteiger partial charge is 0.405 e. The van der Waals surface area contributed by atoms with Crippen molar-refractivity contribution in [3.8, 4) is 0 Å². The van der Waals surface area contributed by atoms with E-state index >= 15 is 0 Å². The standard InChI is InChI=1S/C22H25N5O4S/c1-3-26(4-2)9-10-27-16-8-7-15(24-18(29)12-23-22(30)31)21-19(16)20(25-27)14-6-5-13(28)11-17(14)32-21/h5-8,11,23,25H,3-4,9-10,12H2,1-2H3,(H,24,29)(H,30,31). The summed E-state index contributed by atoms with van der Waals surface area (Å²) in [6.07, 6.45) is -1.26. The molecule has 2 heterocycles. The molecule has 2 aromatic carbocycles. The van der Waals surface area contributed by atoms with E-state index in [0.717, 1.165) is 57.4 Å². The van der Waals surface area contributed by atoms with Gasteiger partial charge in [0.05, 0.1) is 28.0 Å². The molecule has 2 aromatic heterocycles. The van der Waals surface area contributed by atoms with Gasteiger partial charge in [-0.15, -0.1) is 11.3 Å². The monoisotopic (exact) mass is 455 g/mol. The molecule has 0 aliphatic rings. The number of rotatable bonds is 8. The highest BCUT2D eigenvalue weighted by atomic mass is 32.1. The fourth-order valence-electron chi connectivity index (χ4n) is 3.90. The Morgan fingerprint density at radius 3 is 2.69 bits per heavy atom. The van der Waals surface area contributed by atoms with Crippen LogP contribution in [-0.2, 0) is 11.3 Å². The van der Waals surface area contributed by atoms with Gasteiger partial charge in [-0.2, -0.15) is 0 Å². The summed E-state index contributed by atoms with van der Waals surface area (Å²) < 4.78 is 3.75. The Morgan fingerprint density at radius 1 is 1.19 bits per heavy atom. The van der Waals surface area contributed by atoms with Gasteiger partial charge in [-0.25, -0.2) is 4.79 Å². The first-order valence-corrected chi connectivity index (χ1v) is 11.3. The van der Waals surface area contributed by atoms with Crippen LogP contribution in [0.25, 0.3) is 31.2 Å². The van der Waals surface area contributed by atoms with E-state index in [4.69, 9.17) is 5.11 Å². The number of aromatic nitrogens is 2. The maximum absolute atomic E-state index is 12.3. The second-order valence-corrected chi connectivity index (χ2v) is 8.52. The third-order valence-corrected chi connectivity index (χ3v) is 6.75. The predicted molar refractivity (Wildman–Crippen MR) is 128 cm³/mol. The minimum absolute atomic E-state index is 0.0796. The van der Waals surface area contributed by atoms with Gasteiger partial charge in [0.2, 0.25) is 5.91 Å². The van der Waals surface area contributed by atoms with Gasteiger partial charge in [-0.05, 0) is 37.4 Å². The predicted octanol–water partition coefficient (Wildman–Crippen LogP) is 3.25. The van der Waals surface area contributed by atoms with Crippen LogP contribution in [0.1, 0.15) is 13.8 Å². The highest BCUT2D eigenvalue weighted by molar-refractivity contribution is 7.25. The molecule has 0 fully saturated rings. The van der Waals surface area contributed by atoms with Crippen LogP contribution in [0.2, 0.25) is 0 Å². The van der Waals surface area contributed by atoms with E-state index in [1.165, 1.54) is 11.3 Å². The van der Waals surface area contributed by atoms with Crippen LogP contribution < -0.4 is 16.1 Å². The third-order valence-electron chi connectivity index (χ3n) is 5.57. The van der Waals surface area contributed by atoms with E-state index in [1.54, 1.807) is 12.1 Å². The number of hydrogen-bond acceptors (Lipinski definition) is 5. The molecule has 0 radical (unpaired) electrons. The summed E-state index contributed by atoms with van der Waals surface area (Å²) in [6.45, 7) is 7.54. The molecule has 9 nitrogen and oxygen atoms in total. The van der Waals surface area contributed by atoms with E-state index < -0.39 is 12.0 Å². The number of nitrogens with one attached hydrogen (secondary N) is 3. The molecule has 4 aromatic rings. The second kappa shape index (κ2) is 9.01. The fraction of sp³-hybridized carbons (Fsp3) is 0.318. The molecule has 168 valence electrons. The van der Waals surface area contributed by atoms with Crippen molar-refractivity contribution >= 4 is 60.2 Å². The largest absolute Gasteiger partial charge is 0.465 e. The molecular formula is C22H25N5O4S. The first-order chi connectivity index (χ1) is 15.4. The topological polar surface area (TPSA) is 119 Å². The first kappa shape index (κ1) is 21.8. The van der Waals surface area contributed by atoms with Crippen LogP contribution in [0.5, 0.6) is 0 Å². The molecular weight excluding hydrogens is 430 g/mol. The molecule has 0 aliphatic carbocycles. The Labute approximate surface area is 187 Å². The molecule has 0 atom stereocenters. The lowest BCUT2D eigenvalue weighted by molar-refractivity contribution is -0.115. The molecule has 0 saturated heterocycles. The lowest BCUT2D eigenvalue weighted by Crippen LogP contribution is -2.31. The van der Waals surface area contributed by atoms with Gasteiger partial charge in [-0.3, -0.25) is 19.4 Å². The van der Waals surface area contributed by atoms with Gasteiger partial charge in [0.15, 0.2) is 5.43 Å². The number of hydrogen-bond donors (Lipinski definition) is 4. The van der Waals surface area contributed by atoms with E-state index in [0.29, 0.717) is 5.69 Å². The Hall–Kier alpha value is -3.37. The molecule has 0 saturated carbocycles. The SMILES string of the molecule is CCN(CC)CCn1[nH]c2c3ccc(=O)cc3sc3c(NC(=O)CNC(=O)O)ccc1c32. The molecule has 0 aliphatic heterocycles. The van der Waals surface area contributed by atoms with Crippen LogP contribution >= 0.6 is 11.3 Å². The van der Waals surface area contributed by atoms with Crippen molar-refractivity contribution < 1.29 is 14.7 Å². The summed E-state index contributed by atoms with van der Waals surface area (Å²) in [6, 6.07) is 8.76. The van der Waals surface area contributed by atoms with E-state index in [9.17, 15) is 14.4 Å². The number of aromatic amines is 1. The molecule has 0 spiro atoms. The summed E-state index contributed by atoms with van der Waals surface area (Å²) >= 11 is 1.43. The maximum atomic E-state index is 12.3. The van der Waals surface area contributed by atoms with E-state index in [2.05, 4.69) is 39.2 Å². The van der Waals surface area contributed by atoms with Gasteiger partial charge < -0.3 is 20.6 Å². The highest BCUT2D eigenvalue weighted by Crippen LogP contribution is 2.40. The zero-order valence-electron chi connectivity index (χ0n) is 17.9. The Bertz CT molecular complexity index is 1370. The fourth-order valence-corrected chi connectivity index (χ4v) is 5.11. The number of anilines is 1. The molecule has 0 bridgehead atoms. The van der Waals surface area contributed by atoms with Gasteiger partial charge in [0.1, 0.15) is 6.54 Å². The van der Waals surface area contributed by atoms with Crippen LogP contribution in [0.15, 0.2) is 35.1 Å². The summed E-state index contributed by atoms with van der Waals surface area (Å²) in [5, 5.41) is 19.0. The van der Waals surface area contributed by atoms with Crippen molar-refractivity contribution in [2.75, 3.05) is 31.5 Å². The van der Waals surface area contributed by atoms with Crippen molar-refractivity contribution in [3.63, 3.8) is 0 Å². The Kier molecular flexibility index (Phi) is 6.15. The van der Waals surface area contributed by atoms with Crippen LogP contribution in [0, 0.1) is 0 Å². The van der Waals surface area contributed by atoms with E-state index in [1.807, 2.05) is 18.2 Å².